The Kier molecular flexibility index (Phi) is 6.82. The lowest BCUT2D eigenvalue weighted by atomic mass is 10.2. The van der Waals surface area contributed by atoms with E-state index in [9.17, 15) is 35.9 Å². The van der Waals surface area contributed by atoms with Crippen LogP contribution in [-0.4, -0.2) is 80.1 Å². The van der Waals surface area contributed by atoms with Crippen LogP contribution in [0.2, 0.25) is 0 Å². The van der Waals surface area contributed by atoms with Crippen LogP contribution in [0.4, 0.5) is 32.3 Å². The Bertz CT molecular complexity index is 1420. The molecule has 3 aromatic rings. The number of aromatic nitrogens is 6. The van der Waals surface area contributed by atoms with E-state index in [0.29, 0.717) is 17.1 Å². The molecule has 4 heterocycles. The number of piperazine rings is 1. The molecule has 1 atom stereocenters. The summed E-state index contributed by atoms with van der Waals surface area (Å²) in [5, 5.41) is 8.00. The molecule has 1 saturated heterocycles. The van der Waals surface area contributed by atoms with Crippen LogP contribution in [-0.2, 0) is 21.9 Å². The smallest absolute Gasteiger partial charge is 0.379 e. The minimum Gasteiger partial charge on any atom is -0.379 e. The lowest BCUT2D eigenvalue weighted by molar-refractivity contribution is -0.140. The molecule has 0 bridgehead atoms. The van der Waals surface area contributed by atoms with E-state index in [1.165, 1.54) is 11.8 Å². The monoisotopic (exact) mass is 550 g/mol. The van der Waals surface area contributed by atoms with Crippen molar-refractivity contribution >= 4 is 22.8 Å². The highest BCUT2D eigenvalue weighted by molar-refractivity contribution is 5.80. The fourth-order valence-electron chi connectivity index (χ4n) is 3.81. The number of anilines is 1. The number of carbonyl (C=O) groups is 1. The average Bonchev–Trinajstić information content (AvgIpc) is 3.29. The fraction of sp³-hybridized carbons (Fsp3) is 0.524. The van der Waals surface area contributed by atoms with Gasteiger partial charge in [-0.2, -0.15) is 36.5 Å². The Morgan fingerprint density at radius 3 is 2.37 bits per heavy atom. The first-order valence-corrected chi connectivity index (χ1v) is 11.2. The molecule has 0 aliphatic carbocycles. The quantitative estimate of drug-likeness (QED) is 0.445. The Labute approximate surface area is 213 Å². The van der Waals surface area contributed by atoms with Crippen molar-refractivity contribution in [2.24, 2.45) is 0 Å². The van der Waals surface area contributed by atoms with E-state index in [4.69, 9.17) is 7.48 Å². The Morgan fingerprint density at radius 2 is 1.76 bits per heavy atom. The topological polar surface area (TPSA) is 122 Å². The molecule has 0 radical (unpaired) electrons. The van der Waals surface area contributed by atoms with E-state index in [2.05, 4.69) is 20.2 Å². The third kappa shape index (κ3) is 5.87. The second-order valence-electron chi connectivity index (χ2n) is 8.28. The van der Waals surface area contributed by atoms with Gasteiger partial charge in [-0.15, -0.1) is 0 Å². The summed E-state index contributed by atoms with van der Waals surface area (Å²) in [6.07, 6.45) is -7.52. The molecule has 4 rings (SSSR count). The second kappa shape index (κ2) is 10.5. The van der Waals surface area contributed by atoms with E-state index in [-0.39, 0.29) is 44.1 Å². The maximum atomic E-state index is 13.5. The summed E-state index contributed by atoms with van der Waals surface area (Å²) in [5.74, 6) is -0.307. The molecule has 0 spiro atoms. The number of amides is 1. The van der Waals surface area contributed by atoms with Gasteiger partial charge in [0, 0.05) is 38.6 Å². The van der Waals surface area contributed by atoms with Gasteiger partial charge in [0.25, 0.3) is 5.56 Å². The minimum atomic E-state index is -4.99. The van der Waals surface area contributed by atoms with Gasteiger partial charge in [0.05, 0.1) is 45.6 Å². The zero-order chi connectivity index (χ0) is 29.5. The zero-order valence-electron chi connectivity index (χ0n) is 21.7. The second-order valence-corrected chi connectivity index (χ2v) is 8.28. The molecule has 206 valence electrons. The number of rotatable bonds is 7. The number of fused-ring (bicyclic) bond motifs is 1. The van der Waals surface area contributed by atoms with Crippen molar-refractivity contribution in [3.63, 3.8) is 0 Å². The molecule has 38 heavy (non-hydrogen) atoms. The van der Waals surface area contributed by atoms with Gasteiger partial charge in [0.2, 0.25) is 11.9 Å². The van der Waals surface area contributed by atoms with Gasteiger partial charge < -0.3 is 14.5 Å². The van der Waals surface area contributed by atoms with Gasteiger partial charge in [-0.3, -0.25) is 14.3 Å². The summed E-state index contributed by atoms with van der Waals surface area (Å²) < 4.78 is 101. The van der Waals surface area contributed by atoms with Gasteiger partial charge in [-0.05, 0) is 6.92 Å². The first-order valence-electron chi connectivity index (χ1n) is 12.2. The third-order valence-corrected chi connectivity index (χ3v) is 5.72. The number of carbonyl (C=O) groups excluding carboxylic acids is 1. The van der Waals surface area contributed by atoms with Crippen LogP contribution in [0, 0.1) is 0 Å². The van der Waals surface area contributed by atoms with Crippen molar-refractivity contribution in [2.75, 3.05) is 44.2 Å². The normalized spacial score (nSPS) is 16.9. The standard InChI is InChI=1S/C21H22F6N8O3/c1-12(35-14-10-30-31-18(37)16(14)17(32-35)21(25,26)27)11-38-7-2-15(36)33-3-5-34(6-4-33)19-28-8-13(9-29-19)20(22,23)24/h8-10,12H,2-7,11H2,1H3,(H,31,37)/i11D2. The van der Waals surface area contributed by atoms with E-state index in [1.807, 2.05) is 5.10 Å². The highest BCUT2D eigenvalue weighted by Gasteiger charge is 2.39. The van der Waals surface area contributed by atoms with E-state index in [1.54, 1.807) is 4.90 Å². The van der Waals surface area contributed by atoms with Crippen molar-refractivity contribution in [3.8, 4) is 0 Å². The van der Waals surface area contributed by atoms with Crippen molar-refractivity contribution < 1.29 is 38.6 Å². The number of H-pyrrole nitrogens is 1. The number of halogens is 6. The highest BCUT2D eigenvalue weighted by atomic mass is 19.4. The van der Waals surface area contributed by atoms with Crippen LogP contribution in [0.1, 0.15) is 33.4 Å². The average molecular weight is 550 g/mol. The Morgan fingerprint density at radius 1 is 1.11 bits per heavy atom. The van der Waals surface area contributed by atoms with Gasteiger partial charge in [0.1, 0.15) is 5.39 Å². The van der Waals surface area contributed by atoms with Crippen molar-refractivity contribution in [1.29, 1.82) is 0 Å². The van der Waals surface area contributed by atoms with Crippen molar-refractivity contribution in [1.82, 2.24) is 34.8 Å². The van der Waals surface area contributed by atoms with Crippen LogP contribution in [0.15, 0.2) is 23.4 Å². The number of alkyl halides is 6. The van der Waals surface area contributed by atoms with Gasteiger partial charge in [-0.25, -0.2) is 15.1 Å². The number of ether oxygens (including phenoxy) is 1. The number of hydrogen-bond acceptors (Lipinski definition) is 8. The summed E-state index contributed by atoms with van der Waals surface area (Å²) in [4.78, 5) is 35.1. The lowest BCUT2D eigenvalue weighted by Gasteiger charge is -2.34. The molecule has 3 aromatic heterocycles. The third-order valence-electron chi connectivity index (χ3n) is 5.72. The number of hydrogen-bond donors (Lipinski definition) is 1. The summed E-state index contributed by atoms with van der Waals surface area (Å²) in [7, 11) is 0. The minimum absolute atomic E-state index is 0.0858. The molecule has 1 unspecified atom stereocenters. The van der Waals surface area contributed by atoms with Gasteiger partial charge >= 0.3 is 12.4 Å². The molecule has 17 heteroatoms. The SMILES string of the molecule is [2H]C([2H])(OCCC(=O)N1CCN(c2ncc(C(F)(F)F)cn2)CC1)C(C)n1nc(C(F)(F)F)c2c(=O)[nH]ncc21. The zero-order valence-corrected chi connectivity index (χ0v) is 19.7. The fourth-order valence-corrected chi connectivity index (χ4v) is 3.81. The molecule has 1 N–H and O–H groups in total. The molecule has 0 aromatic carbocycles. The Hall–Kier alpha value is -3.76. The van der Waals surface area contributed by atoms with Gasteiger partial charge in [0.15, 0.2) is 5.69 Å². The summed E-state index contributed by atoms with van der Waals surface area (Å²) >= 11 is 0. The number of nitrogens with zero attached hydrogens (tertiary/aromatic N) is 7. The molecule has 1 fully saturated rings. The number of aromatic amines is 1. The maximum absolute atomic E-state index is 13.5. The molecular weight excluding hydrogens is 526 g/mol. The molecule has 11 nitrogen and oxygen atoms in total. The highest BCUT2D eigenvalue weighted by Crippen LogP contribution is 2.33. The summed E-state index contributed by atoms with van der Waals surface area (Å²) in [6.45, 7) is -0.904. The van der Waals surface area contributed by atoms with Crippen LogP contribution in [0.25, 0.3) is 10.9 Å². The maximum Gasteiger partial charge on any atom is 0.435 e. The largest absolute Gasteiger partial charge is 0.435 e. The Balaban J connectivity index is 1.33. The molecule has 1 aliphatic rings. The molecule has 1 aliphatic heterocycles. The van der Waals surface area contributed by atoms with E-state index >= 15 is 0 Å². The van der Waals surface area contributed by atoms with Gasteiger partial charge in [-0.1, -0.05) is 0 Å². The van der Waals surface area contributed by atoms with E-state index in [0.717, 1.165) is 6.20 Å². The lowest BCUT2D eigenvalue weighted by Crippen LogP contribution is -2.49. The van der Waals surface area contributed by atoms with Crippen LogP contribution in [0.3, 0.4) is 0 Å². The predicted molar refractivity (Wildman–Crippen MR) is 119 cm³/mol. The summed E-state index contributed by atoms with van der Waals surface area (Å²) in [5.41, 5.74) is -3.96. The number of nitrogens with one attached hydrogen (secondary N) is 1. The van der Waals surface area contributed by atoms with Crippen LogP contribution in [0.5, 0.6) is 0 Å². The molecule has 1 amide bonds. The molecule has 0 saturated carbocycles. The first kappa shape index (κ1) is 24.6. The first-order chi connectivity index (χ1) is 18.6. The summed E-state index contributed by atoms with van der Waals surface area (Å²) in [6, 6.07) is -1.45. The predicted octanol–water partition coefficient (Wildman–Crippen LogP) is 2.26. The van der Waals surface area contributed by atoms with Crippen LogP contribution >= 0.6 is 0 Å². The molecular formula is C21H22F6N8O3. The van der Waals surface area contributed by atoms with Crippen molar-refractivity contribution in [2.45, 2.75) is 31.7 Å². The van der Waals surface area contributed by atoms with Crippen molar-refractivity contribution in [3.05, 3.63) is 40.2 Å². The van der Waals surface area contributed by atoms with Crippen LogP contribution < -0.4 is 10.5 Å². The van der Waals surface area contributed by atoms with E-state index < -0.39 is 59.7 Å².